The van der Waals surface area contributed by atoms with Crippen molar-refractivity contribution in [1.82, 2.24) is 4.90 Å². The largest absolute Gasteiger partial charge is 0.395 e. The second-order valence-electron chi connectivity index (χ2n) is 3.51. The number of terminal acetylenes is 1. The van der Waals surface area contributed by atoms with Crippen LogP contribution < -0.4 is 0 Å². The SMILES string of the molecule is C#CCN1C(O)[C@H](O)[C@@H](O)[C@H](O)[C@H]1CO. The Balaban J connectivity index is 2.88. The molecule has 5 atom stereocenters. The smallest absolute Gasteiger partial charge is 0.137 e. The molecule has 1 unspecified atom stereocenters. The third kappa shape index (κ3) is 2.13. The normalized spacial score (nSPS) is 42.5. The Morgan fingerprint density at radius 2 is 1.67 bits per heavy atom. The van der Waals surface area contributed by atoms with E-state index in [1.165, 1.54) is 4.90 Å². The maximum atomic E-state index is 9.56. The zero-order valence-corrected chi connectivity index (χ0v) is 8.06. The second kappa shape index (κ2) is 4.90. The monoisotopic (exact) mass is 217 g/mol. The van der Waals surface area contributed by atoms with E-state index in [2.05, 4.69) is 5.92 Å². The molecule has 1 aliphatic heterocycles. The molecule has 1 aliphatic rings. The van der Waals surface area contributed by atoms with Gasteiger partial charge in [0.1, 0.15) is 24.5 Å². The lowest BCUT2D eigenvalue weighted by Crippen LogP contribution is -2.67. The van der Waals surface area contributed by atoms with Crippen molar-refractivity contribution in [1.29, 1.82) is 0 Å². The fraction of sp³-hybridized carbons (Fsp3) is 0.778. The van der Waals surface area contributed by atoms with E-state index in [0.29, 0.717) is 0 Å². The van der Waals surface area contributed by atoms with Crippen LogP contribution in [0.3, 0.4) is 0 Å². The number of rotatable bonds is 2. The van der Waals surface area contributed by atoms with Gasteiger partial charge in [0.15, 0.2) is 0 Å². The van der Waals surface area contributed by atoms with Crippen LogP contribution in [-0.2, 0) is 0 Å². The molecule has 0 bridgehead atoms. The van der Waals surface area contributed by atoms with E-state index < -0.39 is 37.2 Å². The van der Waals surface area contributed by atoms with Gasteiger partial charge in [-0.25, -0.2) is 0 Å². The predicted molar refractivity (Wildman–Crippen MR) is 50.4 cm³/mol. The van der Waals surface area contributed by atoms with Gasteiger partial charge in [-0.1, -0.05) is 5.92 Å². The molecule has 0 radical (unpaired) electrons. The van der Waals surface area contributed by atoms with Crippen LogP contribution in [0.15, 0.2) is 0 Å². The molecule has 0 spiro atoms. The van der Waals surface area contributed by atoms with Gasteiger partial charge in [-0.2, -0.15) is 0 Å². The van der Waals surface area contributed by atoms with Crippen LogP contribution >= 0.6 is 0 Å². The Labute approximate surface area is 87.4 Å². The molecule has 0 saturated carbocycles. The van der Waals surface area contributed by atoms with Crippen LogP contribution in [0.25, 0.3) is 0 Å². The third-order valence-corrected chi connectivity index (χ3v) is 2.63. The van der Waals surface area contributed by atoms with Crippen molar-refractivity contribution in [2.45, 2.75) is 30.6 Å². The lowest BCUT2D eigenvalue weighted by molar-refractivity contribution is -0.219. The molecule has 5 N–H and O–H groups in total. The molecule has 1 fully saturated rings. The molecule has 0 aromatic carbocycles. The lowest BCUT2D eigenvalue weighted by Gasteiger charge is -2.45. The van der Waals surface area contributed by atoms with E-state index in [0.717, 1.165) is 0 Å². The zero-order chi connectivity index (χ0) is 11.6. The lowest BCUT2D eigenvalue weighted by atomic mass is 9.93. The van der Waals surface area contributed by atoms with Crippen molar-refractivity contribution in [3.8, 4) is 12.3 Å². The minimum absolute atomic E-state index is 0.0345. The zero-order valence-electron chi connectivity index (χ0n) is 8.06. The summed E-state index contributed by atoms with van der Waals surface area (Å²) in [5.74, 6) is 2.24. The van der Waals surface area contributed by atoms with Crippen LogP contribution in [0.4, 0.5) is 0 Å². The van der Waals surface area contributed by atoms with E-state index >= 15 is 0 Å². The van der Waals surface area contributed by atoms with Gasteiger partial charge in [0.05, 0.1) is 19.2 Å². The van der Waals surface area contributed by atoms with Crippen molar-refractivity contribution in [3.63, 3.8) is 0 Å². The minimum atomic E-state index is -1.50. The molecule has 15 heavy (non-hydrogen) atoms. The van der Waals surface area contributed by atoms with Gasteiger partial charge < -0.3 is 25.5 Å². The first kappa shape index (κ1) is 12.4. The first-order valence-electron chi connectivity index (χ1n) is 4.57. The molecule has 0 aromatic rings. The molecular formula is C9H15NO5. The molecule has 1 rings (SSSR count). The minimum Gasteiger partial charge on any atom is -0.395 e. The Bertz CT molecular complexity index is 253. The number of nitrogens with zero attached hydrogens (tertiary/aromatic N) is 1. The van der Waals surface area contributed by atoms with Gasteiger partial charge in [-0.3, -0.25) is 4.90 Å². The maximum Gasteiger partial charge on any atom is 0.137 e. The van der Waals surface area contributed by atoms with Crippen LogP contribution in [0.2, 0.25) is 0 Å². The number of hydrogen-bond donors (Lipinski definition) is 5. The van der Waals surface area contributed by atoms with Crippen LogP contribution in [0.1, 0.15) is 0 Å². The third-order valence-electron chi connectivity index (χ3n) is 2.63. The van der Waals surface area contributed by atoms with E-state index in [9.17, 15) is 20.4 Å². The Hall–Kier alpha value is -0.680. The highest BCUT2D eigenvalue weighted by atomic mass is 16.4. The number of likely N-dealkylation sites (tertiary alicyclic amines) is 1. The average molecular weight is 217 g/mol. The number of piperidine rings is 1. The summed E-state index contributed by atoms with van der Waals surface area (Å²) < 4.78 is 0. The van der Waals surface area contributed by atoms with Crippen LogP contribution in [-0.4, -0.2) is 74.2 Å². The quantitative estimate of drug-likeness (QED) is 0.310. The Kier molecular flexibility index (Phi) is 4.04. The second-order valence-corrected chi connectivity index (χ2v) is 3.51. The molecular weight excluding hydrogens is 202 g/mol. The molecule has 6 heteroatoms. The Morgan fingerprint density at radius 3 is 2.13 bits per heavy atom. The highest BCUT2D eigenvalue weighted by Gasteiger charge is 2.46. The molecule has 0 aromatic heterocycles. The summed E-state index contributed by atoms with van der Waals surface area (Å²) in [4.78, 5) is 1.17. The summed E-state index contributed by atoms with van der Waals surface area (Å²) in [6.07, 6.45) is -0.682. The van der Waals surface area contributed by atoms with Crippen molar-refractivity contribution >= 4 is 0 Å². The summed E-state index contributed by atoms with van der Waals surface area (Å²) in [6.45, 7) is -0.503. The van der Waals surface area contributed by atoms with Crippen molar-refractivity contribution in [3.05, 3.63) is 0 Å². The number of aliphatic hydroxyl groups is 5. The van der Waals surface area contributed by atoms with Gasteiger partial charge in [-0.05, 0) is 0 Å². The van der Waals surface area contributed by atoms with E-state index in [1.807, 2.05) is 0 Å². The summed E-state index contributed by atoms with van der Waals surface area (Å²) in [6, 6.07) is -0.880. The first-order chi connectivity index (χ1) is 7.04. The van der Waals surface area contributed by atoms with E-state index in [1.54, 1.807) is 0 Å². The van der Waals surface area contributed by atoms with Crippen molar-refractivity contribution in [2.24, 2.45) is 0 Å². The standard InChI is InChI=1S/C9H15NO5/c1-2-3-10-5(4-11)6(12)7(13)8(14)9(10)15/h1,5-9,11-15H,3-4H2/t5-,6-,7+,8-,9?/m1/s1. The fourth-order valence-corrected chi connectivity index (χ4v) is 1.72. The van der Waals surface area contributed by atoms with E-state index in [-0.39, 0.29) is 6.54 Å². The molecule has 0 amide bonds. The molecule has 6 nitrogen and oxygen atoms in total. The van der Waals surface area contributed by atoms with Crippen LogP contribution in [0, 0.1) is 12.3 Å². The first-order valence-corrected chi connectivity index (χ1v) is 4.57. The van der Waals surface area contributed by atoms with E-state index in [4.69, 9.17) is 11.5 Å². The van der Waals surface area contributed by atoms with Gasteiger partial charge in [0.2, 0.25) is 0 Å². The summed E-state index contributed by atoms with van der Waals surface area (Å²) in [5, 5.41) is 46.8. The average Bonchev–Trinajstić information content (AvgIpc) is 2.24. The topological polar surface area (TPSA) is 104 Å². The summed E-state index contributed by atoms with van der Waals surface area (Å²) >= 11 is 0. The van der Waals surface area contributed by atoms with Gasteiger partial charge in [-0.15, -0.1) is 6.42 Å². The molecule has 1 saturated heterocycles. The van der Waals surface area contributed by atoms with Gasteiger partial charge in [0, 0.05) is 0 Å². The maximum absolute atomic E-state index is 9.56. The van der Waals surface area contributed by atoms with Crippen molar-refractivity contribution < 1.29 is 25.5 Å². The summed E-state index contributed by atoms with van der Waals surface area (Å²) in [7, 11) is 0. The highest BCUT2D eigenvalue weighted by Crippen LogP contribution is 2.22. The number of aliphatic hydroxyl groups excluding tert-OH is 5. The Morgan fingerprint density at radius 1 is 1.07 bits per heavy atom. The molecule has 0 aliphatic carbocycles. The van der Waals surface area contributed by atoms with Crippen molar-refractivity contribution in [2.75, 3.05) is 13.2 Å². The predicted octanol–water partition coefficient (Wildman–Crippen LogP) is -3.30. The molecule has 86 valence electrons. The van der Waals surface area contributed by atoms with Gasteiger partial charge in [0.25, 0.3) is 0 Å². The molecule has 1 heterocycles. The highest BCUT2D eigenvalue weighted by molar-refractivity contribution is 5.01. The number of hydrogen-bond acceptors (Lipinski definition) is 6. The van der Waals surface area contributed by atoms with Gasteiger partial charge >= 0.3 is 0 Å². The van der Waals surface area contributed by atoms with Crippen LogP contribution in [0.5, 0.6) is 0 Å². The fourth-order valence-electron chi connectivity index (χ4n) is 1.72. The summed E-state index contributed by atoms with van der Waals surface area (Å²) in [5.41, 5.74) is 0.